The molecule has 0 unspecified atom stereocenters. The van der Waals surface area contributed by atoms with Gasteiger partial charge in [0.1, 0.15) is 5.75 Å². The van der Waals surface area contributed by atoms with Gasteiger partial charge in [-0.25, -0.2) is 0 Å². The van der Waals surface area contributed by atoms with E-state index in [0.29, 0.717) is 29.3 Å². The maximum Gasteiger partial charge on any atom is 0.257 e. The van der Waals surface area contributed by atoms with Crippen LogP contribution in [0.25, 0.3) is 0 Å². The van der Waals surface area contributed by atoms with Crippen molar-refractivity contribution in [3.8, 4) is 5.75 Å². The first-order chi connectivity index (χ1) is 16.2. The lowest BCUT2D eigenvalue weighted by Crippen LogP contribution is -2.34. The van der Waals surface area contributed by atoms with Gasteiger partial charge in [0.25, 0.3) is 5.91 Å². The summed E-state index contributed by atoms with van der Waals surface area (Å²) in [5.41, 5.74) is 2.41. The fourth-order valence-corrected chi connectivity index (χ4v) is 3.20. The lowest BCUT2D eigenvalue weighted by Gasteiger charge is -2.18. The van der Waals surface area contributed by atoms with Crippen LogP contribution in [-0.4, -0.2) is 23.5 Å². The van der Waals surface area contributed by atoms with Gasteiger partial charge in [-0.2, -0.15) is 0 Å². The van der Waals surface area contributed by atoms with Gasteiger partial charge >= 0.3 is 0 Å². The summed E-state index contributed by atoms with van der Waals surface area (Å²) in [7, 11) is 0. The largest absolute Gasteiger partial charge is 0.493 e. The maximum absolute atomic E-state index is 12.7. The van der Waals surface area contributed by atoms with Crippen molar-refractivity contribution in [2.24, 2.45) is 5.41 Å². The molecule has 0 heterocycles. The smallest absolute Gasteiger partial charge is 0.257 e. The van der Waals surface area contributed by atoms with Crippen molar-refractivity contribution in [2.45, 2.75) is 27.2 Å². The Morgan fingerprint density at radius 1 is 0.853 bits per heavy atom. The molecule has 0 bridgehead atoms. The molecule has 0 fully saturated rings. The lowest BCUT2D eigenvalue weighted by atomic mass is 9.95. The molecule has 0 aliphatic rings. The number of nitrogens with one attached hydrogen (secondary N) is 3. The highest BCUT2D eigenvalue weighted by molar-refractivity contribution is 7.80. The SMILES string of the molecule is CC(C)(C)C(=O)Nc1cccc(NC(=S)NC(=O)c2cccc(OCCc3ccccc3)c2)c1. The van der Waals surface area contributed by atoms with Gasteiger partial charge in [0, 0.05) is 28.8 Å². The third-order valence-corrected chi connectivity index (χ3v) is 5.09. The number of hydrogen-bond acceptors (Lipinski definition) is 4. The van der Waals surface area contributed by atoms with Gasteiger partial charge in [0.15, 0.2) is 5.11 Å². The minimum Gasteiger partial charge on any atom is -0.493 e. The second-order valence-electron chi connectivity index (χ2n) is 8.81. The second-order valence-corrected chi connectivity index (χ2v) is 9.21. The fourth-order valence-electron chi connectivity index (χ4n) is 2.99. The van der Waals surface area contributed by atoms with Gasteiger partial charge < -0.3 is 15.4 Å². The molecular formula is C27H29N3O3S. The van der Waals surface area contributed by atoms with E-state index in [9.17, 15) is 9.59 Å². The van der Waals surface area contributed by atoms with Crippen LogP contribution in [0.5, 0.6) is 5.75 Å². The Labute approximate surface area is 205 Å². The molecule has 2 amide bonds. The van der Waals surface area contributed by atoms with Crippen LogP contribution in [0, 0.1) is 5.41 Å². The van der Waals surface area contributed by atoms with E-state index < -0.39 is 5.41 Å². The third-order valence-electron chi connectivity index (χ3n) is 4.89. The van der Waals surface area contributed by atoms with Crippen LogP contribution in [0.2, 0.25) is 0 Å². The molecule has 3 aromatic carbocycles. The quantitative estimate of drug-likeness (QED) is 0.398. The van der Waals surface area contributed by atoms with Gasteiger partial charge in [0.05, 0.1) is 6.61 Å². The molecular weight excluding hydrogens is 446 g/mol. The molecule has 0 aliphatic carbocycles. The summed E-state index contributed by atoms with van der Waals surface area (Å²) in [5.74, 6) is 0.180. The Bertz CT molecular complexity index is 1160. The van der Waals surface area contributed by atoms with Gasteiger partial charge in [-0.3, -0.25) is 14.9 Å². The number of thiocarbonyl (C=S) groups is 1. The first-order valence-corrected chi connectivity index (χ1v) is 11.4. The molecule has 0 atom stereocenters. The minimum atomic E-state index is -0.507. The van der Waals surface area contributed by atoms with Crippen molar-refractivity contribution in [2.75, 3.05) is 17.2 Å². The highest BCUT2D eigenvalue weighted by Gasteiger charge is 2.21. The Balaban J connectivity index is 1.53. The van der Waals surface area contributed by atoms with Gasteiger partial charge in [-0.1, -0.05) is 63.2 Å². The van der Waals surface area contributed by atoms with Gasteiger partial charge in [-0.05, 0) is 54.2 Å². The average molecular weight is 476 g/mol. The van der Waals surface area contributed by atoms with Gasteiger partial charge in [0.2, 0.25) is 5.91 Å². The lowest BCUT2D eigenvalue weighted by molar-refractivity contribution is -0.123. The average Bonchev–Trinajstić information content (AvgIpc) is 2.79. The first-order valence-electron chi connectivity index (χ1n) is 11.0. The summed E-state index contributed by atoms with van der Waals surface area (Å²) >= 11 is 5.30. The fraction of sp³-hybridized carbons (Fsp3) is 0.222. The predicted octanol–water partition coefficient (Wildman–Crippen LogP) is 5.42. The summed E-state index contributed by atoms with van der Waals surface area (Å²) in [5, 5.41) is 8.68. The van der Waals surface area contributed by atoms with Crippen LogP contribution in [0.3, 0.4) is 0 Å². The highest BCUT2D eigenvalue weighted by atomic mass is 32.1. The van der Waals surface area contributed by atoms with Crippen molar-refractivity contribution < 1.29 is 14.3 Å². The Hall–Kier alpha value is -3.71. The van der Waals surface area contributed by atoms with E-state index >= 15 is 0 Å². The van der Waals surface area contributed by atoms with Crippen LogP contribution in [0.4, 0.5) is 11.4 Å². The summed E-state index contributed by atoms with van der Waals surface area (Å²) < 4.78 is 5.81. The molecule has 0 saturated heterocycles. The molecule has 7 heteroatoms. The van der Waals surface area contributed by atoms with Crippen LogP contribution < -0.4 is 20.7 Å². The molecule has 6 nitrogen and oxygen atoms in total. The topological polar surface area (TPSA) is 79.5 Å². The van der Waals surface area contributed by atoms with Crippen LogP contribution in [0.1, 0.15) is 36.7 Å². The Morgan fingerprint density at radius 2 is 1.53 bits per heavy atom. The molecule has 3 rings (SSSR count). The monoisotopic (exact) mass is 475 g/mol. The Kier molecular flexibility index (Phi) is 8.38. The zero-order valence-corrected chi connectivity index (χ0v) is 20.4. The van der Waals surface area contributed by atoms with Crippen molar-refractivity contribution in [1.82, 2.24) is 5.32 Å². The van der Waals surface area contributed by atoms with Crippen molar-refractivity contribution in [3.05, 3.63) is 90.0 Å². The maximum atomic E-state index is 12.7. The standard InChI is InChI=1S/C27H29N3O3S/c1-27(2,3)25(32)28-21-12-8-13-22(18-21)29-26(34)30-24(31)20-11-7-14-23(17-20)33-16-15-19-9-5-4-6-10-19/h4-14,17-18H,15-16H2,1-3H3,(H,28,32)(H2,29,30,31,34). The van der Waals surface area contributed by atoms with E-state index in [2.05, 4.69) is 28.1 Å². The number of ether oxygens (including phenoxy) is 1. The summed E-state index contributed by atoms with van der Waals surface area (Å²) in [6.45, 7) is 6.05. The molecule has 0 spiro atoms. The number of carbonyl (C=O) groups is 2. The van der Waals surface area contributed by atoms with Crippen molar-refractivity contribution in [1.29, 1.82) is 0 Å². The summed E-state index contributed by atoms with van der Waals surface area (Å²) in [6.07, 6.45) is 0.778. The number of hydrogen-bond donors (Lipinski definition) is 3. The van der Waals surface area contributed by atoms with E-state index in [-0.39, 0.29) is 16.9 Å². The molecule has 176 valence electrons. The number of rotatable bonds is 7. The molecule has 34 heavy (non-hydrogen) atoms. The normalized spacial score (nSPS) is 10.8. The summed E-state index contributed by atoms with van der Waals surface area (Å²) in [4.78, 5) is 24.9. The predicted molar refractivity (Wildman–Crippen MR) is 140 cm³/mol. The van der Waals surface area contributed by atoms with Crippen molar-refractivity contribution >= 4 is 40.5 Å². The van der Waals surface area contributed by atoms with Crippen LogP contribution in [-0.2, 0) is 11.2 Å². The number of amides is 2. The number of carbonyl (C=O) groups excluding carboxylic acids is 2. The number of benzene rings is 3. The van der Waals surface area contributed by atoms with Gasteiger partial charge in [-0.15, -0.1) is 0 Å². The molecule has 3 aromatic rings. The van der Waals surface area contributed by atoms with Crippen LogP contribution >= 0.6 is 12.2 Å². The second kappa shape index (κ2) is 11.4. The molecule has 3 N–H and O–H groups in total. The van der Waals surface area contributed by atoms with E-state index in [1.54, 1.807) is 42.5 Å². The van der Waals surface area contributed by atoms with E-state index in [4.69, 9.17) is 17.0 Å². The van der Waals surface area contributed by atoms with Crippen LogP contribution in [0.15, 0.2) is 78.9 Å². The molecule has 0 saturated carbocycles. The summed E-state index contributed by atoms with van der Waals surface area (Å²) in [6, 6.07) is 24.2. The Morgan fingerprint density at radius 3 is 2.24 bits per heavy atom. The highest BCUT2D eigenvalue weighted by Crippen LogP contribution is 2.20. The molecule has 0 aromatic heterocycles. The van der Waals surface area contributed by atoms with Crippen molar-refractivity contribution in [3.63, 3.8) is 0 Å². The van der Waals surface area contributed by atoms with E-state index in [0.717, 1.165) is 6.42 Å². The molecule has 0 aliphatic heterocycles. The third kappa shape index (κ3) is 7.71. The zero-order chi connectivity index (χ0) is 24.6. The minimum absolute atomic E-state index is 0.0913. The van der Waals surface area contributed by atoms with E-state index in [1.165, 1.54) is 5.56 Å². The first kappa shape index (κ1) is 24.9. The zero-order valence-electron chi connectivity index (χ0n) is 19.6. The number of anilines is 2. The van der Waals surface area contributed by atoms with E-state index in [1.807, 2.05) is 45.0 Å². The molecule has 0 radical (unpaired) electrons.